The summed E-state index contributed by atoms with van der Waals surface area (Å²) in [5.74, 6) is 0.162. The van der Waals surface area contributed by atoms with E-state index in [2.05, 4.69) is 5.32 Å². The molecule has 0 atom stereocenters. The molecule has 1 aliphatic rings. The van der Waals surface area contributed by atoms with E-state index in [9.17, 15) is 17.6 Å². The van der Waals surface area contributed by atoms with Crippen LogP contribution in [0, 0.1) is 5.82 Å². The molecule has 1 N–H and O–H groups in total. The third-order valence-electron chi connectivity index (χ3n) is 5.00. The average Bonchev–Trinajstić information content (AvgIpc) is 3.05. The molecule has 172 valence electrons. The minimum Gasteiger partial charge on any atom is -0.490 e. The quantitative estimate of drug-likeness (QED) is 0.568. The van der Waals surface area contributed by atoms with E-state index >= 15 is 0 Å². The zero-order chi connectivity index (χ0) is 23.3. The first-order valence-corrected chi connectivity index (χ1v) is 11.8. The van der Waals surface area contributed by atoms with Crippen LogP contribution in [-0.2, 0) is 21.4 Å². The number of anilines is 1. The number of sulfonamides is 1. The molecule has 7 nitrogen and oxygen atoms in total. The second-order valence-corrected chi connectivity index (χ2v) is 9.41. The summed E-state index contributed by atoms with van der Waals surface area (Å²) in [6.07, 6.45) is 0.756. The van der Waals surface area contributed by atoms with Crippen LogP contribution in [0.15, 0.2) is 77.7 Å². The number of amides is 1. The minimum absolute atomic E-state index is 0.0653. The van der Waals surface area contributed by atoms with E-state index in [-0.39, 0.29) is 11.4 Å². The van der Waals surface area contributed by atoms with Gasteiger partial charge in [-0.3, -0.25) is 4.79 Å². The van der Waals surface area contributed by atoms with Crippen molar-refractivity contribution in [2.45, 2.75) is 17.9 Å². The van der Waals surface area contributed by atoms with Gasteiger partial charge < -0.3 is 14.8 Å². The summed E-state index contributed by atoms with van der Waals surface area (Å²) >= 11 is 0. The molecule has 3 aromatic carbocycles. The van der Waals surface area contributed by atoms with Crippen LogP contribution in [0.25, 0.3) is 0 Å². The molecular weight excluding hydrogens is 447 g/mol. The molecule has 0 saturated carbocycles. The van der Waals surface area contributed by atoms with Crippen LogP contribution < -0.4 is 14.8 Å². The number of ether oxygens (including phenoxy) is 2. The highest BCUT2D eigenvalue weighted by molar-refractivity contribution is 7.89. The first-order valence-electron chi connectivity index (χ1n) is 10.4. The van der Waals surface area contributed by atoms with Gasteiger partial charge in [-0.1, -0.05) is 30.3 Å². The highest BCUT2D eigenvalue weighted by Crippen LogP contribution is 2.32. The Kier molecular flexibility index (Phi) is 6.90. The number of rotatable bonds is 7. The number of carbonyl (C=O) groups excluding carboxylic acids is 1. The molecule has 1 amide bonds. The Morgan fingerprint density at radius 2 is 1.64 bits per heavy atom. The Balaban J connectivity index is 1.55. The van der Waals surface area contributed by atoms with Gasteiger partial charge in [0.1, 0.15) is 5.82 Å². The maximum absolute atomic E-state index is 13.3. The van der Waals surface area contributed by atoms with Gasteiger partial charge in [0.2, 0.25) is 15.9 Å². The van der Waals surface area contributed by atoms with Crippen LogP contribution in [0.5, 0.6) is 11.5 Å². The SMILES string of the molecule is O=C(CN(Cc1ccc(F)cc1)S(=O)(=O)c1ccccc1)Nc1ccc2c(c1)OCCCO2. The van der Waals surface area contributed by atoms with Gasteiger partial charge in [-0.05, 0) is 42.0 Å². The van der Waals surface area contributed by atoms with E-state index in [4.69, 9.17) is 9.47 Å². The zero-order valence-corrected chi connectivity index (χ0v) is 18.6. The van der Waals surface area contributed by atoms with E-state index in [0.29, 0.717) is 36.0 Å². The molecule has 0 fully saturated rings. The fraction of sp³-hybridized carbons (Fsp3) is 0.208. The Labute approximate surface area is 191 Å². The summed E-state index contributed by atoms with van der Waals surface area (Å²) in [6, 6.07) is 18.4. The number of nitrogens with one attached hydrogen (secondary N) is 1. The topological polar surface area (TPSA) is 84.9 Å². The monoisotopic (exact) mass is 470 g/mol. The van der Waals surface area contributed by atoms with Gasteiger partial charge in [-0.2, -0.15) is 4.31 Å². The molecular formula is C24H23FN2O5S. The molecule has 33 heavy (non-hydrogen) atoms. The van der Waals surface area contributed by atoms with E-state index in [1.165, 1.54) is 36.4 Å². The lowest BCUT2D eigenvalue weighted by Crippen LogP contribution is -2.37. The first kappa shape index (κ1) is 22.8. The summed E-state index contributed by atoms with van der Waals surface area (Å²) < 4.78 is 52.1. The lowest BCUT2D eigenvalue weighted by molar-refractivity contribution is -0.116. The van der Waals surface area contributed by atoms with Crippen molar-refractivity contribution in [2.24, 2.45) is 0 Å². The van der Waals surface area contributed by atoms with Crippen LogP contribution in [0.3, 0.4) is 0 Å². The number of halogens is 1. The normalized spacial score (nSPS) is 13.4. The number of hydrogen-bond donors (Lipinski definition) is 1. The molecule has 0 radical (unpaired) electrons. The summed E-state index contributed by atoms with van der Waals surface area (Å²) in [5.41, 5.74) is 1.02. The summed E-state index contributed by atoms with van der Waals surface area (Å²) in [6.45, 7) is 0.536. The molecule has 0 aliphatic carbocycles. The third kappa shape index (κ3) is 5.68. The summed E-state index contributed by atoms with van der Waals surface area (Å²) in [4.78, 5) is 12.9. The van der Waals surface area contributed by atoms with Gasteiger partial charge >= 0.3 is 0 Å². The average molecular weight is 471 g/mol. The third-order valence-corrected chi connectivity index (χ3v) is 6.81. The first-order chi connectivity index (χ1) is 15.9. The maximum atomic E-state index is 13.3. The van der Waals surface area contributed by atoms with E-state index in [1.54, 1.807) is 36.4 Å². The van der Waals surface area contributed by atoms with Gasteiger partial charge in [0.25, 0.3) is 0 Å². The van der Waals surface area contributed by atoms with Crippen LogP contribution in [0.2, 0.25) is 0 Å². The Hall–Kier alpha value is -3.43. The van der Waals surface area contributed by atoms with Crippen molar-refractivity contribution >= 4 is 21.6 Å². The Bertz CT molecular complexity index is 1220. The number of nitrogens with zero attached hydrogens (tertiary/aromatic N) is 1. The van der Waals surface area contributed by atoms with Gasteiger partial charge in [-0.15, -0.1) is 0 Å². The fourth-order valence-electron chi connectivity index (χ4n) is 3.36. The van der Waals surface area contributed by atoms with Gasteiger partial charge in [0, 0.05) is 24.7 Å². The van der Waals surface area contributed by atoms with Crippen molar-refractivity contribution in [3.63, 3.8) is 0 Å². The largest absolute Gasteiger partial charge is 0.490 e. The summed E-state index contributed by atoms with van der Waals surface area (Å²) in [5, 5.41) is 2.72. The van der Waals surface area contributed by atoms with Gasteiger partial charge in [0.15, 0.2) is 11.5 Å². The molecule has 0 spiro atoms. The van der Waals surface area contributed by atoms with E-state index < -0.39 is 28.3 Å². The van der Waals surface area contributed by atoms with Gasteiger partial charge in [-0.25, -0.2) is 12.8 Å². The van der Waals surface area contributed by atoms with E-state index in [0.717, 1.165) is 10.7 Å². The minimum atomic E-state index is -3.98. The van der Waals surface area contributed by atoms with Crippen molar-refractivity contribution in [1.82, 2.24) is 4.31 Å². The highest BCUT2D eigenvalue weighted by Gasteiger charge is 2.27. The van der Waals surface area contributed by atoms with Crippen molar-refractivity contribution in [1.29, 1.82) is 0 Å². The lowest BCUT2D eigenvalue weighted by Gasteiger charge is -2.22. The molecule has 9 heteroatoms. The Morgan fingerprint density at radius 3 is 2.36 bits per heavy atom. The highest BCUT2D eigenvalue weighted by atomic mass is 32.2. The smallest absolute Gasteiger partial charge is 0.243 e. The lowest BCUT2D eigenvalue weighted by atomic mass is 10.2. The van der Waals surface area contributed by atoms with Crippen LogP contribution >= 0.6 is 0 Å². The molecule has 4 rings (SSSR count). The van der Waals surface area contributed by atoms with Crippen LogP contribution in [-0.4, -0.2) is 38.4 Å². The van der Waals surface area contributed by atoms with Crippen molar-refractivity contribution < 1.29 is 27.1 Å². The molecule has 3 aromatic rings. The summed E-state index contributed by atoms with van der Waals surface area (Å²) in [7, 11) is -3.98. The molecule has 1 aliphatic heterocycles. The molecule has 0 aromatic heterocycles. The number of carbonyl (C=O) groups is 1. The molecule has 0 saturated heterocycles. The second-order valence-electron chi connectivity index (χ2n) is 7.47. The number of fused-ring (bicyclic) bond motifs is 1. The standard InChI is InChI=1S/C24H23FN2O5S/c25-19-9-7-18(8-10-19)16-27(33(29,30)21-5-2-1-3-6-21)17-24(28)26-20-11-12-22-23(15-20)32-14-4-13-31-22/h1-3,5-12,15H,4,13-14,16-17H2,(H,26,28). The molecule has 0 bridgehead atoms. The number of benzene rings is 3. The number of hydrogen-bond acceptors (Lipinski definition) is 5. The van der Waals surface area contributed by atoms with E-state index in [1.807, 2.05) is 0 Å². The van der Waals surface area contributed by atoms with Crippen molar-refractivity contribution in [3.8, 4) is 11.5 Å². The van der Waals surface area contributed by atoms with Crippen molar-refractivity contribution in [3.05, 3.63) is 84.2 Å². The predicted molar refractivity (Wildman–Crippen MR) is 121 cm³/mol. The molecule has 1 heterocycles. The van der Waals surface area contributed by atoms with Crippen LogP contribution in [0.1, 0.15) is 12.0 Å². The van der Waals surface area contributed by atoms with Crippen molar-refractivity contribution in [2.75, 3.05) is 25.1 Å². The Morgan fingerprint density at radius 1 is 0.939 bits per heavy atom. The van der Waals surface area contributed by atoms with Gasteiger partial charge in [0.05, 0.1) is 24.7 Å². The van der Waals surface area contributed by atoms with Crippen LogP contribution in [0.4, 0.5) is 10.1 Å². The molecule has 0 unspecified atom stereocenters. The fourth-order valence-corrected chi connectivity index (χ4v) is 4.77. The maximum Gasteiger partial charge on any atom is 0.243 e. The predicted octanol–water partition coefficient (Wildman–Crippen LogP) is 3.82. The zero-order valence-electron chi connectivity index (χ0n) is 17.7. The second kappa shape index (κ2) is 10.0.